The lowest BCUT2D eigenvalue weighted by Gasteiger charge is -2.28. The Labute approximate surface area is 268 Å². The van der Waals surface area contributed by atoms with E-state index in [1.54, 1.807) is 41.3 Å². The van der Waals surface area contributed by atoms with Gasteiger partial charge in [-0.25, -0.2) is 13.6 Å². The second-order valence-electron chi connectivity index (χ2n) is 11.0. The van der Waals surface area contributed by atoms with Crippen LogP contribution in [-0.2, 0) is 20.8 Å². The molecule has 45 heavy (non-hydrogen) atoms. The fourth-order valence-electron chi connectivity index (χ4n) is 6.03. The van der Waals surface area contributed by atoms with Crippen molar-refractivity contribution in [2.45, 2.75) is 29.6 Å². The van der Waals surface area contributed by atoms with E-state index in [2.05, 4.69) is 0 Å². The molecule has 0 aromatic heterocycles. The highest BCUT2D eigenvalue weighted by molar-refractivity contribution is 8.00. The van der Waals surface area contributed by atoms with Crippen LogP contribution in [0.3, 0.4) is 0 Å². The Bertz CT molecular complexity index is 1600. The Kier molecular flexibility index (Phi) is 9.41. The van der Waals surface area contributed by atoms with Crippen LogP contribution >= 0.6 is 23.5 Å². The second kappa shape index (κ2) is 13.6. The van der Waals surface area contributed by atoms with E-state index in [0.717, 1.165) is 10.5 Å². The van der Waals surface area contributed by atoms with E-state index >= 15 is 0 Å². The predicted octanol–water partition coefficient (Wildman–Crippen LogP) is 5.08. The van der Waals surface area contributed by atoms with Gasteiger partial charge >= 0.3 is 6.03 Å². The molecule has 0 N–H and O–H groups in total. The molecule has 0 radical (unpaired) electrons. The van der Waals surface area contributed by atoms with Gasteiger partial charge in [0, 0.05) is 35.7 Å². The molecular weight excluding hydrogens is 619 g/mol. The van der Waals surface area contributed by atoms with Gasteiger partial charge in [0.1, 0.15) is 41.5 Å². The SMILES string of the molecule is O=C1C(CCc2ccccc2)N(CC(=O)N2CCSC2c2ccccc2F)C(=O)N1CC(=O)N1CCSC1c1ccccc1F. The molecule has 8 nitrogen and oxygen atoms in total. The van der Waals surface area contributed by atoms with Gasteiger partial charge in [-0.2, -0.15) is 0 Å². The van der Waals surface area contributed by atoms with Crippen molar-refractivity contribution in [2.24, 2.45) is 0 Å². The van der Waals surface area contributed by atoms with Gasteiger partial charge in [0.15, 0.2) is 0 Å². The monoisotopic (exact) mass is 650 g/mol. The number of nitrogens with zero attached hydrogens (tertiary/aromatic N) is 4. The van der Waals surface area contributed by atoms with Crippen LogP contribution < -0.4 is 0 Å². The summed E-state index contributed by atoms with van der Waals surface area (Å²) in [6, 6.07) is 20.4. The number of urea groups is 1. The van der Waals surface area contributed by atoms with Crippen LogP contribution in [0.15, 0.2) is 78.9 Å². The molecule has 0 aliphatic carbocycles. The van der Waals surface area contributed by atoms with Crippen LogP contribution in [0.5, 0.6) is 0 Å². The molecule has 3 aromatic carbocycles. The molecule has 3 aliphatic heterocycles. The number of benzene rings is 3. The molecule has 3 atom stereocenters. The van der Waals surface area contributed by atoms with E-state index in [1.165, 1.54) is 45.5 Å². The number of amides is 5. The van der Waals surface area contributed by atoms with Crippen LogP contribution in [0.4, 0.5) is 13.6 Å². The largest absolute Gasteiger partial charge is 0.328 e. The first-order valence-electron chi connectivity index (χ1n) is 14.8. The van der Waals surface area contributed by atoms with E-state index in [4.69, 9.17) is 0 Å². The van der Waals surface area contributed by atoms with Gasteiger partial charge in [0.05, 0.1) is 0 Å². The fourth-order valence-corrected chi connectivity index (χ4v) is 8.62. The molecule has 5 amide bonds. The van der Waals surface area contributed by atoms with E-state index < -0.39 is 58.7 Å². The number of carbonyl (C=O) groups is 4. The van der Waals surface area contributed by atoms with Crippen molar-refractivity contribution in [3.8, 4) is 0 Å². The summed E-state index contributed by atoms with van der Waals surface area (Å²) >= 11 is 2.86. The van der Waals surface area contributed by atoms with Gasteiger partial charge in [0.25, 0.3) is 5.91 Å². The highest BCUT2D eigenvalue weighted by Gasteiger charge is 2.48. The molecule has 3 unspecified atom stereocenters. The molecule has 3 heterocycles. The zero-order chi connectivity index (χ0) is 31.5. The van der Waals surface area contributed by atoms with Gasteiger partial charge in [-0.05, 0) is 30.5 Å². The molecule has 6 rings (SSSR count). The number of rotatable bonds is 9. The van der Waals surface area contributed by atoms with Gasteiger partial charge in [-0.3, -0.25) is 19.3 Å². The topological polar surface area (TPSA) is 81.2 Å². The molecule has 3 fully saturated rings. The number of hydrogen-bond donors (Lipinski definition) is 0. The molecular formula is C33H32F2N4O4S2. The molecule has 12 heteroatoms. The number of hydrogen-bond acceptors (Lipinski definition) is 6. The van der Waals surface area contributed by atoms with E-state index in [0.29, 0.717) is 42.1 Å². The quantitative estimate of drug-likeness (QED) is 0.301. The average Bonchev–Trinajstić information content (AvgIpc) is 3.78. The lowest BCUT2D eigenvalue weighted by molar-refractivity contribution is -0.138. The zero-order valence-electron chi connectivity index (χ0n) is 24.4. The Morgan fingerprint density at radius 3 is 1.78 bits per heavy atom. The summed E-state index contributed by atoms with van der Waals surface area (Å²) in [5.41, 5.74) is 1.72. The van der Waals surface area contributed by atoms with Gasteiger partial charge < -0.3 is 14.7 Å². The van der Waals surface area contributed by atoms with Crippen molar-refractivity contribution < 1.29 is 28.0 Å². The smallest absolute Gasteiger partial charge is 0.324 e. The van der Waals surface area contributed by atoms with Crippen molar-refractivity contribution in [2.75, 3.05) is 37.7 Å². The maximum absolute atomic E-state index is 14.7. The summed E-state index contributed by atoms with van der Waals surface area (Å²) in [4.78, 5) is 60.0. The fraction of sp³-hybridized carbons (Fsp3) is 0.333. The lowest BCUT2D eigenvalue weighted by atomic mass is 10.0. The normalized spacial score (nSPS) is 21.7. The first-order valence-corrected chi connectivity index (χ1v) is 16.9. The van der Waals surface area contributed by atoms with Gasteiger partial charge in [-0.1, -0.05) is 66.7 Å². The summed E-state index contributed by atoms with van der Waals surface area (Å²) in [5, 5.41) is -1.11. The highest BCUT2D eigenvalue weighted by atomic mass is 32.2. The minimum atomic E-state index is -0.952. The Hall–Kier alpha value is -3.90. The Morgan fingerprint density at radius 1 is 0.711 bits per heavy atom. The first-order chi connectivity index (χ1) is 21.8. The van der Waals surface area contributed by atoms with Gasteiger partial charge in [0.2, 0.25) is 11.8 Å². The molecule has 234 valence electrons. The third-order valence-electron chi connectivity index (χ3n) is 8.32. The van der Waals surface area contributed by atoms with Crippen LogP contribution in [0.1, 0.15) is 33.9 Å². The maximum Gasteiger partial charge on any atom is 0.328 e. The van der Waals surface area contributed by atoms with Crippen LogP contribution in [-0.4, -0.2) is 87.1 Å². The number of carbonyl (C=O) groups excluding carboxylic acids is 4. The average molecular weight is 651 g/mol. The highest BCUT2D eigenvalue weighted by Crippen LogP contribution is 2.40. The minimum Gasteiger partial charge on any atom is -0.324 e. The third-order valence-corrected chi connectivity index (χ3v) is 10.8. The minimum absolute atomic E-state index is 0.259. The van der Waals surface area contributed by atoms with Crippen molar-refractivity contribution >= 4 is 47.3 Å². The summed E-state index contributed by atoms with van der Waals surface area (Å²) < 4.78 is 29.3. The number of imide groups is 1. The number of halogens is 2. The van der Waals surface area contributed by atoms with Crippen molar-refractivity contribution in [1.82, 2.24) is 19.6 Å². The molecule has 3 saturated heterocycles. The third kappa shape index (κ3) is 6.44. The van der Waals surface area contributed by atoms with Crippen LogP contribution in [0.25, 0.3) is 0 Å². The first kappa shape index (κ1) is 31.1. The van der Waals surface area contributed by atoms with Crippen LogP contribution in [0.2, 0.25) is 0 Å². The molecule has 3 aromatic rings. The van der Waals surface area contributed by atoms with Crippen molar-refractivity contribution in [1.29, 1.82) is 0 Å². The summed E-state index contributed by atoms with van der Waals surface area (Å²) in [6.45, 7) is -0.160. The predicted molar refractivity (Wildman–Crippen MR) is 169 cm³/mol. The second-order valence-corrected chi connectivity index (χ2v) is 13.4. The Balaban J connectivity index is 1.21. The van der Waals surface area contributed by atoms with Crippen molar-refractivity contribution in [3.05, 3.63) is 107 Å². The van der Waals surface area contributed by atoms with Crippen molar-refractivity contribution in [3.63, 3.8) is 0 Å². The summed E-state index contributed by atoms with van der Waals surface area (Å²) in [5.74, 6) is -1.07. The number of aryl methyl sites for hydroxylation is 1. The Morgan fingerprint density at radius 2 is 1.22 bits per heavy atom. The van der Waals surface area contributed by atoms with E-state index in [1.807, 2.05) is 30.3 Å². The molecule has 0 bridgehead atoms. The molecule has 0 spiro atoms. The number of thioether (sulfide) groups is 2. The van der Waals surface area contributed by atoms with E-state index in [9.17, 15) is 28.0 Å². The summed E-state index contributed by atoms with van der Waals surface area (Å²) in [6.07, 6.45) is 0.738. The zero-order valence-corrected chi connectivity index (χ0v) is 26.0. The van der Waals surface area contributed by atoms with Crippen LogP contribution in [0, 0.1) is 11.6 Å². The summed E-state index contributed by atoms with van der Waals surface area (Å²) in [7, 11) is 0. The van der Waals surface area contributed by atoms with E-state index in [-0.39, 0.29) is 13.0 Å². The lowest BCUT2D eigenvalue weighted by Crippen LogP contribution is -2.45. The maximum atomic E-state index is 14.7. The molecule has 3 aliphatic rings. The standard InChI is InChI=1S/C33H32F2N4O4S2/c34-25-12-6-4-10-23(25)31-36(16-18-44-31)28(40)20-38-27(15-14-22-8-2-1-3-9-22)30(42)39(33(38)43)21-29(41)37-17-19-45-32(37)24-11-5-7-13-26(24)35/h1-13,27,31-32H,14-21H2. The van der Waals surface area contributed by atoms with Gasteiger partial charge in [-0.15, -0.1) is 23.5 Å². The molecule has 0 saturated carbocycles.